The zero-order chi connectivity index (χ0) is 19.6. The molecule has 3 aromatic rings. The van der Waals surface area contributed by atoms with E-state index in [0.29, 0.717) is 37.3 Å². The fourth-order valence-electron chi connectivity index (χ4n) is 3.49. The number of piperazine rings is 1. The maximum absolute atomic E-state index is 13.0. The van der Waals surface area contributed by atoms with Crippen molar-refractivity contribution in [2.75, 3.05) is 26.2 Å². The monoisotopic (exact) mass is 395 g/mol. The average molecular weight is 395 g/mol. The van der Waals surface area contributed by atoms with E-state index in [1.165, 1.54) is 4.31 Å². The van der Waals surface area contributed by atoms with Gasteiger partial charge in [-0.15, -0.1) is 0 Å². The van der Waals surface area contributed by atoms with Crippen LogP contribution in [-0.2, 0) is 15.8 Å². The van der Waals surface area contributed by atoms with Gasteiger partial charge in [0.25, 0.3) is 5.91 Å². The lowest BCUT2D eigenvalue weighted by molar-refractivity contribution is 0.0699. The Bertz CT molecular complexity index is 1090. The maximum Gasteiger partial charge on any atom is 0.256 e. The Kier molecular flexibility index (Phi) is 5.11. The zero-order valence-electron chi connectivity index (χ0n) is 15.4. The Morgan fingerprint density at radius 3 is 2.36 bits per heavy atom. The highest BCUT2D eigenvalue weighted by Crippen LogP contribution is 2.20. The minimum atomic E-state index is -3.40. The summed E-state index contributed by atoms with van der Waals surface area (Å²) in [5.41, 5.74) is 2.00. The Morgan fingerprint density at radius 2 is 1.61 bits per heavy atom. The lowest BCUT2D eigenvalue weighted by Crippen LogP contribution is -2.50. The van der Waals surface area contributed by atoms with Crippen LogP contribution in [0.25, 0.3) is 10.9 Å². The topological polar surface area (TPSA) is 70.6 Å². The largest absolute Gasteiger partial charge is 0.336 e. The first-order valence-electron chi connectivity index (χ1n) is 9.19. The third-order valence-electron chi connectivity index (χ3n) is 4.97. The minimum absolute atomic E-state index is 0.0188. The summed E-state index contributed by atoms with van der Waals surface area (Å²) in [5, 5.41) is 0.914. The lowest BCUT2D eigenvalue weighted by Gasteiger charge is -2.34. The molecule has 1 saturated heterocycles. The number of carbonyl (C=O) groups is 1. The predicted octanol–water partition coefficient (Wildman–Crippen LogP) is 2.52. The van der Waals surface area contributed by atoms with Crippen LogP contribution in [0.5, 0.6) is 0 Å². The van der Waals surface area contributed by atoms with E-state index in [-0.39, 0.29) is 11.7 Å². The molecule has 1 aromatic heterocycles. The second-order valence-corrected chi connectivity index (χ2v) is 8.78. The van der Waals surface area contributed by atoms with Crippen molar-refractivity contribution in [2.24, 2.45) is 0 Å². The molecule has 0 atom stereocenters. The Morgan fingerprint density at radius 1 is 0.893 bits per heavy atom. The number of aromatic nitrogens is 1. The van der Waals surface area contributed by atoms with Crippen molar-refractivity contribution < 1.29 is 13.2 Å². The molecule has 0 bridgehead atoms. The van der Waals surface area contributed by atoms with Gasteiger partial charge in [0.15, 0.2) is 0 Å². The number of sulfonamides is 1. The van der Waals surface area contributed by atoms with E-state index < -0.39 is 10.0 Å². The standard InChI is InChI=1S/C21H21N3O3S/c25-21(19-10-4-8-18-9-5-11-22-20(18)19)23-12-14-24(15-13-23)28(26,27)16-17-6-2-1-3-7-17/h1-11H,12-16H2. The minimum Gasteiger partial charge on any atom is -0.336 e. The van der Waals surface area contributed by atoms with E-state index in [0.717, 1.165) is 10.9 Å². The van der Waals surface area contributed by atoms with Crippen molar-refractivity contribution in [1.29, 1.82) is 0 Å². The first-order valence-corrected chi connectivity index (χ1v) is 10.8. The van der Waals surface area contributed by atoms with Gasteiger partial charge in [-0.25, -0.2) is 8.42 Å². The lowest BCUT2D eigenvalue weighted by atomic mass is 10.1. The van der Waals surface area contributed by atoms with Crippen LogP contribution in [0.3, 0.4) is 0 Å². The molecule has 1 amide bonds. The van der Waals surface area contributed by atoms with Gasteiger partial charge in [-0.1, -0.05) is 48.5 Å². The number of fused-ring (bicyclic) bond motifs is 1. The van der Waals surface area contributed by atoms with Crippen LogP contribution in [0.1, 0.15) is 15.9 Å². The molecule has 6 nitrogen and oxygen atoms in total. The number of carbonyl (C=O) groups excluding carboxylic acids is 1. The molecule has 0 aliphatic carbocycles. The summed E-state index contributed by atoms with van der Waals surface area (Å²) in [7, 11) is -3.40. The molecule has 0 unspecified atom stereocenters. The molecule has 0 saturated carbocycles. The molecule has 0 spiro atoms. The van der Waals surface area contributed by atoms with Crippen molar-refractivity contribution in [3.05, 3.63) is 78.0 Å². The van der Waals surface area contributed by atoms with Gasteiger partial charge in [0.1, 0.15) is 0 Å². The summed E-state index contributed by atoms with van der Waals surface area (Å²) in [4.78, 5) is 19.0. The van der Waals surface area contributed by atoms with E-state index in [4.69, 9.17) is 0 Å². The van der Waals surface area contributed by atoms with Crippen LogP contribution < -0.4 is 0 Å². The second kappa shape index (κ2) is 7.69. The summed E-state index contributed by atoms with van der Waals surface area (Å²) in [5.74, 6) is -0.126. The molecule has 7 heteroatoms. The number of amides is 1. The van der Waals surface area contributed by atoms with Crippen LogP contribution in [0.2, 0.25) is 0 Å². The molecule has 2 aromatic carbocycles. The number of benzene rings is 2. The number of rotatable bonds is 4. The second-order valence-electron chi connectivity index (χ2n) is 6.81. The van der Waals surface area contributed by atoms with E-state index in [9.17, 15) is 13.2 Å². The van der Waals surface area contributed by atoms with Gasteiger partial charge in [0.05, 0.1) is 16.8 Å². The smallest absolute Gasteiger partial charge is 0.256 e. The maximum atomic E-state index is 13.0. The quantitative estimate of drug-likeness (QED) is 0.681. The van der Waals surface area contributed by atoms with Crippen LogP contribution in [-0.4, -0.2) is 54.7 Å². The van der Waals surface area contributed by atoms with Crippen LogP contribution in [0.4, 0.5) is 0 Å². The van der Waals surface area contributed by atoms with Crippen molar-refractivity contribution in [3.8, 4) is 0 Å². The molecule has 144 valence electrons. The average Bonchev–Trinajstić information content (AvgIpc) is 2.73. The van der Waals surface area contributed by atoms with Gasteiger partial charge in [-0.2, -0.15) is 4.31 Å². The summed E-state index contributed by atoms with van der Waals surface area (Å²) >= 11 is 0. The predicted molar refractivity (Wildman–Crippen MR) is 108 cm³/mol. The molecule has 1 fully saturated rings. The number of para-hydroxylation sites is 1. The van der Waals surface area contributed by atoms with Gasteiger partial charge in [0.2, 0.25) is 10.0 Å². The summed E-state index contributed by atoms with van der Waals surface area (Å²) in [6.45, 7) is 1.35. The molecular weight excluding hydrogens is 374 g/mol. The van der Waals surface area contributed by atoms with Gasteiger partial charge in [-0.3, -0.25) is 9.78 Å². The van der Waals surface area contributed by atoms with E-state index in [1.807, 2.05) is 54.6 Å². The third-order valence-corrected chi connectivity index (χ3v) is 6.82. The third kappa shape index (κ3) is 3.76. The van der Waals surface area contributed by atoms with Crippen molar-refractivity contribution in [3.63, 3.8) is 0 Å². The molecule has 28 heavy (non-hydrogen) atoms. The summed E-state index contributed by atoms with van der Waals surface area (Å²) in [6.07, 6.45) is 1.67. The Balaban J connectivity index is 1.46. The zero-order valence-corrected chi connectivity index (χ0v) is 16.2. The van der Waals surface area contributed by atoms with Crippen LogP contribution in [0.15, 0.2) is 66.9 Å². The number of hydrogen-bond acceptors (Lipinski definition) is 4. The van der Waals surface area contributed by atoms with Gasteiger partial charge in [-0.05, 0) is 17.7 Å². The first kappa shape index (κ1) is 18.6. The van der Waals surface area contributed by atoms with Crippen molar-refractivity contribution in [1.82, 2.24) is 14.2 Å². The highest BCUT2D eigenvalue weighted by Gasteiger charge is 2.29. The SMILES string of the molecule is O=C(c1cccc2cccnc12)N1CCN(S(=O)(=O)Cc2ccccc2)CC1. The molecule has 2 heterocycles. The molecule has 4 rings (SSSR count). The molecule has 0 radical (unpaired) electrons. The first-order chi connectivity index (χ1) is 13.5. The summed E-state index contributed by atoms with van der Waals surface area (Å²) < 4.78 is 26.9. The fourth-order valence-corrected chi connectivity index (χ4v) is 5.01. The molecule has 1 aliphatic heterocycles. The summed E-state index contributed by atoms with van der Waals surface area (Å²) in [6, 6.07) is 18.5. The van der Waals surface area contributed by atoms with E-state index in [2.05, 4.69) is 4.98 Å². The Hall–Kier alpha value is -2.77. The van der Waals surface area contributed by atoms with E-state index in [1.54, 1.807) is 17.2 Å². The highest BCUT2D eigenvalue weighted by molar-refractivity contribution is 7.88. The fraction of sp³-hybridized carbons (Fsp3) is 0.238. The Labute approximate surface area is 164 Å². The van der Waals surface area contributed by atoms with Crippen LogP contribution >= 0.6 is 0 Å². The van der Waals surface area contributed by atoms with Crippen molar-refractivity contribution >= 4 is 26.8 Å². The van der Waals surface area contributed by atoms with Gasteiger partial charge >= 0.3 is 0 Å². The van der Waals surface area contributed by atoms with Crippen molar-refractivity contribution in [2.45, 2.75) is 5.75 Å². The van der Waals surface area contributed by atoms with Crippen LogP contribution in [0, 0.1) is 0 Å². The van der Waals surface area contributed by atoms with E-state index >= 15 is 0 Å². The molecule has 1 aliphatic rings. The number of nitrogens with zero attached hydrogens (tertiary/aromatic N) is 3. The number of pyridine rings is 1. The highest BCUT2D eigenvalue weighted by atomic mass is 32.2. The molecule has 0 N–H and O–H groups in total. The van der Waals surface area contributed by atoms with Gasteiger partial charge < -0.3 is 4.90 Å². The number of hydrogen-bond donors (Lipinski definition) is 0. The molecular formula is C21H21N3O3S. The van der Waals surface area contributed by atoms with Gasteiger partial charge in [0, 0.05) is 37.8 Å². The normalized spacial score (nSPS) is 15.6.